The van der Waals surface area contributed by atoms with Gasteiger partial charge in [0.1, 0.15) is 18.3 Å². The van der Waals surface area contributed by atoms with Crippen molar-refractivity contribution in [3.05, 3.63) is 47.3 Å². The molecule has 3 rings (SSSR count). The Morgan fingerprint density at radius 1 is 1.04 bits per heavy atom. The van der Waals surface area contributed by atoms with E-state index in [2.05, 4.69) is 0 Å². The number of Topliss-reactive ketones (excluding diaryl/α,β-unsaturated/α-hetero) is 1. The van der Waals surface area contributed by atoms with E-state index in [4.69, 9.17) is 4.74 Å². The molecule has 1 saturated heterocycles. The Balaban J connectivity index is 1.61. The molecule has 0 amide bonds. The van der Waals surface area contributed by atoms with Crippen LogP contribution in [0.15, 0.2) is 42.5 Å². The monoisotopic (exact) mass is 362 g/mol. The van der Waals surface area contributed by atoms with Crippen LogP contribution < -0.4 is 0 Å². The van der Waals surface area contributed by atoms with Crippen molar-refractivity contribution >= 4 is 17.1 Å². The number of benzene rings is 1. The van der Waals surface area contributed by atoms with E-state index in [1.54, 1.807) is 6.92 Å². The Hall–Kier alpha value is -1.57. The molecule has 0 saturated carbocycles. The van der Waals surface area contributed by atoms with Crippen molar-refractivity contribution in [2.24, 2.45) is 0 Å². The number of aliphatic hydroxyl groups is 3. The summed E-state index contributed by atoms with van der Waals surface area (Å²) in [6.07, 6.45) is -4.29. The van der Waals surface area contributed by atoms with Gasteiger partial charge in [-0.1, -0.05) is 30.3 Å². The van der Waals surface area contributed by atoms with Crippen molar-refractivity contribution in [1.29, 1.82) is 0 Å². The summed E-state index contributed by atoms with van der Waals surface area (Å²) >= 11 is 1.44. The van der Waals surface area contributed by atoms with Crippen LogP contribution in [0.5, 0.6) is 0 Å². The third-order valence-corrected chi connectivity index (χ3v) is 5.72. The highest BCUT2D eigenvalue weighted by atomic mass is 32.1. The number of hydrogen-bond acceptors (Lipinski definition) is 6. The fraction of sp³-hybridized carbons (Fsp3) is 0.421. The molecule has 25 heavy (non-hydrogen) atoms. The molecule has 0 bridgehead atoms. The molecule has 2 unspecified atom stereocenters. The Morgan fingerprint density at radius 2 is 1.76 bits per heavy atom. The van der Waals surface area contributed by atoms with Gasteiger partial charge in [-0.2, -0.15) is 0 Å². The molecular weight excluding hydrogens is 340 g/mol. The molecule has 2 aromatic rings. The molecule has 1 aromatic heterocycles. The van der Waals surface area contributed by atoms with Crippen LogP contribution in [0, 0.1) is 0 Å². The van der Waals surface area contributed by atoms with E-state index in [0.717, 1.165) is 10.4 Å². The zero-order valence-electron chi connectivity index (χ0n) is 13.9. The average Bonchev–Trinajstić information content (AvgIpc) is 3.12. The van der Waals surface area contributed by atoms with Crippen LogP contribution in [0.25, 0.3) is 10.4 Å². The summed E-state index contributed by atoms with van der Waals surface area (Å²) in [7, 11) is 0. The van der Waals surface area contributed by atoms with Crippen molar-refractivity contribution in [1.82, 2.24) is 0 Å². The molecule has 1 aliphatic heterocycles. The second-order valence-corrected chi connectivity index (χ2v) is 7.43. The highest BCUT2D eigenvalue weighted by Gasteiger charge is 2.41. The van der Waals surface area contributed by atoms with Gasteiger partial charge in [-0.3, -0.25) is 4.79 Å². The van der Waals surface area contributed by atoms with Crippen LogP contribution in [0.1, 0.15) is 29.4 Å². The summed E-state index contributed by atoms with van der Waals surface area (Å²) < 4.78 is 5.53. The maximum absolute atomic E-state index is 12.4. The minimum Gasteiger partial charge on any atom is -0.388 e. The van der Waals surface area contributed by atoms with Crippen LogP contribution in [0.2, 0.25) is 0 Å². The summed E-state index contributed by atoms with van der Waals surface area (Å²) in [6, 6.07) is 13.6. The number of ether oxygens (including phenoxy) is 1. The summed E-state index contributed by atoms with van der Waals surface area (Å²) in [6.45, 7) is 1.64. The second kappa shape index (κ2) is 7.76. The van der Waals surface area contributed by atoms with Crippen molar-refractivity contribution in [2.45, 2.75) is 50.3 Å². The minimum absolute atomic E-state index is 0.0174. The molecule has 0 radical (unpaired) electrons. The fourth-order valence-electron chi connectivity index (χ4n) is 3.02. The number of ketones is 1. The SMILES string of the molecule is CC1O[C@H](CCC(=O)c2ccc(-c3ccccc3)s2)C(O)[C@@H](O)[C@@H]1O. The average molecular weight is 362 g/mol. The lowest BCUT2D eigenvalue weighted by Crippen LogP contribution is -2.56. The molecule has 5 atom stereocenters. The van der Waals surface area contributed by atoms with Crippen molar-refractivity contribution in [3.63, 3.8) is 0 Å². The van der Waals surface area contributed by atoms with E-state index in [1.807, 2.05) is 42.5 Å². The maximum atomic E-state index is 12.4. The largest absolute Gasteiger partial charge is 0.388 e. The number of aliphatic hydroxyl groups excluding tert-OH is 3. The number of thiophene rings is 1. The first-order valence-corrected chi connectivity index (χ1v) is 9.17. The van der Waals surface area contributed by atoms with Gasteiger partial charge in [0.05, 0.1) is 17.1 Å². The van der Waals surface area contributed by atoms with Crippen LogP contribution in [0.3, 0.4) is 0 Å². The lowest BCUT2D eigenvalue weighted by atomic mass is 9.93. The maximum Gasteiger partial charge on any atom is 0.172 e. The Labute approximate surface area is 150 Å². The molecule has 5 nitrogen and oxygen atoms in total. The summed E-state index contributed by atoms with van der Waals surface area (Å²) in [5, 5.41) is 29.6. The lowest BCUT2D eigenvalue weighted by Gasteiger charge is -2.39. The standard InChI is InChI=1S/C19H22O5S/c1-11-17(21)19(23)18(22)14(24-11)8-7-13(20)16-10-9-15(25-16)12-5-3-2-4-6-12/h2-6,9-11,14,17-19,21-23H,7-8H2,1H3/t11?,14-,17-,18?,19+/m1/s1. The Kier molecular flexibility index (Phi) is 5.66. The molecule has 3 N–H and O–H groups in total. The first-order chi connectivity index (χ1) is 12.0. The normalized spacial score (nSPS) is 29.5. The van der Waals surface area contributed by atoms with E-state index in [-0.39, 0.29) is 12.2 Å². The van der Waals surface area contributed by atoms with Gasteiger partial charge in [0.25, 0.3) is 0 Å². The smallest absolute Gasteiger partial charge is 0.172 e. The summed E-state index contributed by atoms with van der Waals surface area (Å²) in [4.78, 5) is 14.1. The molecule has 6 heteroatoms. The van der Waals surface area contributed by atoms with Gasteiger partial charge in [-0.15, -0.1) is 11.3 Å². The molecule has 0 spiro atoms. The molecule has 0 aliphatic carbocycles. The van der Waals surface area contributed by atoms with Gasteiger partial charge in [-0.25, -0.2) is 0 Å². The fourth-order valence-corrected chi connectivity index (χ4v) is 4.00. The topological polar surface area (TPSA) is 87.0 Å². The van der Waals surface area contributed by atoms with E-state index >= 15 is 0 Å². The van der Waals surface area contributed by atoms with Crippen molar-refractivity contribution in [2.75, 3.05) is 0 Å². The molecule has 2 heterocycles. The number of hydrogen-bond donors (Lipinski definition) is 3. The summed E-state index contributed by atoms with van der Waals surface area (Å²) in [5.41, 5.74) is 1.07. The third-order valence-electron chi connectivity index (χ3n) is 4.55. The first kappa shape index (κ1) is 18.2. The van der Waals surface area contributed by atoms with Gasteiger partial charge in [0, 0.05) is 11.3 Å². The second-order valence-electron chi connectivity index (χ2n) is 6.34. The quantitative estimate of drug-likeness (QED) is 0.710. The number of rotatable bonds is 5. The predicted molar refractivity (Wildman–Crippen MR) is 95.7 cm³/mol. The highest BCUT2D eigenvalue weighted by Crippen LogP contribution is 2.30. The van der Waals surface area contributed by atoms with E-state index in [1.165, 1.54) is 11.3 Å². The van der Waals surface area contributed by atoms with Gasteiger partial charge in [-0.05, 0) is 31.0 Å². The molecule has 1 aromatic carbocycles. The Bertz CT molecular complexity index is 714. The first-order valence-electron chi connectivity index (χ1n) is 8.35. The van der Waals surface area contributed by atoms with E-state index in [0.29, 0.717) is 11.3 Å². The molecule has 1 fully saturated rings. The van der Waals surface area contributed by atoms with Gasteiger partial charge in [0.15, 0.2) is 5.78 Å². The number of carbonyl (C=O) groups is 1. The van der Waals surface area contributed by atoms with E-state index in [9.17, 15) is 20.1 Å². The van der Waals surface area contributed by atoms with Crippen LogP contribution in [-0.4, -0.2) is 51.6 Å². The van der Waals surface area contributed by atoms with E-state index < -0.39 is 30.5 Å². The lowest BCUT2D eigenvalue weighted by molar-refractivity contribution is -0.217. The zero-order valence-corrected chi connectivity index (χ0v) is 14.7. The minimum atomic E-state index is -1.25. The van der Waals surface area contributed by atoms with Crippen molar-refractivity contribution < 1.29 is 24.9 Å². The highest BCUT2D eigenvalue weighted by molar-refractivity contribution is 7.17. The third kappa shape index (κ3) is 3.99. The van der Waals surface area contributed by atoms with Crippen LogP contribution in [-0.2, 0) is 4.74 Å². The molecule has 1 aliphatic rings. The molecular formula is C19H22O5S. The van der Waals surface area contributed by atoms with Crippen molar-refractivity contribution in [3.8, 4) is 10.4 Å². The zero-order chi connectivity index (χ0) is 18.0. The van der Waals surface area contributed by atoms with Gasteiger partial charge < -0.3 is 20.1 Å². The van der Waals surface area contributed by atoms with Gasteiger partial charge >= 0.3 is 0 Å². The van der Waals surface area contributed by atoms with Gasteiger partial charge in [0.2, 0.25) is 0 Å². The Morgan fingerprint density at radius 3 is 2.48 bits per heavy atom. The predicted octanol–water partition coefficient (Wildman–Crippen LogP) is 2.25. The molecule has 134 valence electrons. The summed E-state index contributed by atoms with van der Waals surface area (Å²) in [5.74, 6) is -0.0174. The number of carbonyl (C=O) groups excluding carboxylic acids is 1. The van der Waals surface area contributed by atoms with Crippen LogP contribution >= 0.6 is 11.3 Å². The van der Waals surface area contributed by atoms with Crippen LogP contribution in [0.4, 0.5) is 0 Å².